The van der Waals surface area contributed by atoms with E-state index < -0.39 is 19.2 Å². The normalized spacial score (nSPS) is 12.1. The van der Waals surface area contributed by atoms with Crippen LogP contribution < -0.4 is 5.32 Å². The van der Waals surface area contributed by atoms with Gasteiger partial charge in [0.15, 0.2) is 0 Å². The highest BCUT2D eigenvalue weighted by atomic mass is 19.4. The molecule has 0 heterocycles. The maximum absolute atomic E-state index is 12.3. The van der Waals surface area contributed by atoms with Crippen LogP contribution >= 0.6 is 0 Å². The molecule has 2 nitrogen and oxygen atoms in total. The summed E-state index contributed by atoms with van der Waals surface area (Å²) in [4.78, 5) is 0. The van der Waals surface area contributed by atoms with Gasteiger partial charge in [-0.05, 0) is 5.56 Å². The Morgan fingerprint density at radius 1 is 1.11 bits per heavy atom. The van der Waals surface area contributed by atoms with Gasteiger partial charge in [-0.2, -0.15) is 13.2 Å². The van der Waals surface area contributed by atoms with Crippen LogP contribution in [-0.4, -0.2) is 25.9 Å². The Labute approximate surface area is 107 Å². The van der Waals surface area contributed by atoms with E-state index in [0.29, 0.717) is 6.54 Å². The molecule has 19 heavy (non-hydrogen) atoms. The Morgan fingerprint density at radius 2 is 1.74 bits per heavy atom. The SMILES string of the molecule is FC(F)c1ccc(CNCCOCC(F)(F)F)cc1. The summed E-state index contributed by atoms with van der Waals surface area (Å²) < 4.78 is 64.1. The summed E-state index contributed by atoms with van der Waals surface area (Å²) in [7, 11) is 0. The molecule has 0 atom stereocenters. The zero-order valence-electron chi connectivity index (χ0n) is 10.0. The van der Waals surface area contributed by atoms with Crippen molar-refractivity contribution in [2.75, 3.05) is 19.8 Å². The van der Waals surface area contributed by atoms with Gasteiger partial charge in [0.2, 0.25) is 0 Å². The molecule has 108 valence electrons. The summed E-state index contributed by atoms with van der Waals surface area (Å²) in [5.41, 5.74) is 0.720. The molecule has 0 bridgehead atoms. The van der Waals surface area contributed by atoms with Crippen LogP contribution in [-0.2, 0) is 11.3 Å². The van der Waals surface area contributed by atoms with E-state index in [1.54, 1.807) is 12.1 Å². The minimum atomic E-state index is -4.31. The summed E-state index contributed by atoms with van der Waals surface area (Å²) in [5, 5.41) is 2.86. The van der Waals surface area contributed by atoms with E-state index in [0.717, 1.165) is 5.56 Å². The average Bonchev–Trinajstić information content (AvgIpc) is 2.33. The van der Waals surface area contributed by atoms with Crippen molar-refractivity contribution < 1.29 is 26.7 Å². The standard InChI is InChI=1S/C12H14F5NO/c13-11(14)10-3-1-9(2-4-10)7-18-5-6-19-8-12(15,16)17/h1-4,11,18H,5-8H2. The van der Waals surface area contributed by atoms with Crippen LogP contribution in [0.3, 0.4) is 0 Å². The quantitative estimate of drug-likeness (QED) is 0.612. The molecule has 0 saturated heterocycles. The van der Waals surface area contributed by atoms with Gasteiger partial charge in [0.05, 0.1) is 6.61 Å². The van der Waals surface area contributed by atoms with Crippen LogP contribution in [0.25, 0.3) is 0 Å². The number of hydrogen-bond acceptors (Lipinski definition) is 2. The van der Waals surface area contributed by atoms with Crippen LogP contribution in [0, 0.1) is 0 Å². The van der Waals surface area contributed by atoms with E-state index in [-0.39, 0.29) is 18.7 Å². The summed E-state index contributed by atoms with van der Waals surface area (Å²) in [6.45, 7) is -0.683. The average molecular weight is 283 g/mol. The third kappa shape index (κ3) is 7.07. The number of nitrogens with one attached hydrogen (secondary N) is 1. The predicted molar refractivity (Wildman–Crippen MR) is 60.0 cm³/mol. The van der Waals surface area contributed by atoms with E-state index in [4.69, 9.17) is 0 Å². The minimum absolute atomic E-state index is 0.0581. The fourth-order valence-electron chi connectivity index (χ4n) is 1.35. The molecular weight excluding hydrogens is 269 g/mol. The maximum Gasteiger partial charge on any atom is 0.411 e. The predicted octanol–water partition coefficient (Wildman–Crippen LogP) is 3.29. The fourth-order valence-corrected chi connectivity index (χ4v) is 1.35. The van der Waals surface area contributed by atoms with Crippen LogP contribution in [0.15, 0.2) is 24.3 Å². The van der Waals surface area contributed by atoms with Gasteiger partial charge < -0.3 is 10.1 Å². The van der Waals surface area contributed by atoms with Crippen molar-refractivity contribution in [2.45, 2.75) is 19.1 Å². The van der Waals surface area contributed by atoms with E-state index >= 15 is 0 Å². The van der Waals surface area contributed by atoms with Crippen LogP contribution in [0.2, 0.25) is 0 Å². The van der Waals surface area contributed by atoms with Crippen molar-refractivity contribution >= 4 is 0 Å². The minimum Gasteiger partial charge on any atom is -0.371 e. The molecule has 0 saturated carbocycles. The first-order valence-electron chi connectivity index (χ1n) is 5.60. The molecule has 0 aromatic heterocycles. The summed E-state index contributed by atoms with van der Waals surface area (Å²) in [5.74, 6) is 0. The van der Waals surface area contributed by atoms with Crippen molar-refractivity contribution in [3.63, 3.8) is 0 Å². The van der Waals surface area contributed by atoms with E-state index in [1.165, 1.54) is 12.1 Å². The second kappa shape index (κ2) is 7.40. The van der Waals surface area contributed by atoms with Crippen molar-refractivity contribution in [2.24, 2.45) is 0 Å². The lowest BCUT2D eigenvalue weighted by Gasteiger charge is -2.08. The molecule has 1 N–H and O–H groups in total. The largest absolute Gasteiger partial charge is 0.411 e. The van der Waals surface area contributed by atoms with Gasteiger partial charge in [0, 0.05) is 18.7 Å². The van der Waals surface area contributed by atoms with Crippen molar-refractivity contribution in [1.29, 1.82) is 0 Å². The summed E-state index contributed by atoms with van der Waals surface area (Å²) in [6.07, 6.45) is -6.82. The van der Waals surface area contributed by atoms with E-state index in [2.05, 4.69) is 10.1 Å². The second-order valence-corrected chi connectivity index (χ2v) is 3.89. The molecule has 0 unspecified atom stereocenters. The molecule has 0 aliphatic heterocycles. The van der Waals surface area contributed by atoms with Gasteiger partial charge in [0.25, 0.3) is 6.43 Å². The van der Waals surface area contributed by atoms with E-state index in [9.17, 15) is 22.0 Å². The molecule has 0 amide bonds. The van der Waals surface area contributed by atoms with Gasteiger partial charge in [-0.1, -0.05) is 24.3 Å². The molecule has 1 aromatic carbocycles. The highest BCUT2D eigenvalue weighted by molar-refractivity contribution is 5.23. The Balaban J connectivity index is 2.16. The molecule has 7 heteroatoms. The van der Waals surface area contributed by atoms with Gasteiger partial charge in [0.1, 0.15) is 6.61 Å². The van der Waals surface area contributed by atoms with Crippen LogP contribution in [0.4, 0.5) is 22.0 Å². The van der Waals surface area contributed by atoms with Gasteiger partial charge in [-0.3, -0.25) is 0 Å². The molecule has 1 aromatic rings. The number of hydrogen-bond donors (Lipinski definition) is 1. The second-order valence-electron chi connectivity index (χ2n) is 3.89. The maximum atomic E-state index is 12.3. The number of ether oxygens (including phenoxy) is 1. The first kappa shape index (κ1) is 15.8. The Hall–Kier alpha value is -1.21. The lowest BCUT2D eigenvalue weighted by molar-refractivity contribution is -0.173. The van der Waals surface area contributed by atoms with Crippen molar-refractivity contribution in [1.82, 2.24) is 5.32 Å². The Morgan fingerprint density at radius 3 is 2.26 bits per heavy atom. The number of benzene rings is 1. The first-order chi connectivity index (χ1) is 8.88. The molecule has 0 aliphatic rings. The lowest BCUT2D eigenvalue weighted by Crippen LogP contribution is -2.23. The Bertz CT molecular complexity index is 363. The van der Waals surface area contributed by atoms with Gasteiger partial charge in [-0.25, -0.2) is 8.78 Å². The van der Waals surface area contributed by atoms with Gasteiger partial charge >= 0.3 is 6.18 Å². The van der Waals surface area contributed by atoms with Crippen molar-refractivity contribution in [3.8, 4) is 0 Å². The zero-order valence-corrected chi connectivity index (χ0v) is 10.0. The molecular formula is C12H14F5NO. The van der Waals surface area contributed by atoms with Crippen LogP contribution in [0.1, 0.15) is 17.6 Å². The highest BCUT2D eigenvalue weighted by Gasteiger charge is 2.27. The summed E-state index contributed by atoms with van der Waals surface area (Å²) >= 11 is 0. The third-order valence-corrected chi connectivity index (χ3v) is 2.25. The Kier molecular flexibility index (Phi) is 6.17. The lowest BCUT2D eigenvalue weighted by atomic mass is 10.1. The molecule has 0 radical (unpaired) electrons. The molecule has 1 rings (SSSR count). The van der Waals surface area contributed by atoms with Crippen molar-refractivity contribution in [3.05, 3.63) is 35.4 Å². The number of halogens is 5. The molecule has 0 spiro atoms. The van der Waals surface area contributed by atoms with E-state index in [1.807, 2.05) is 0 Å². The highest BCUT2D eigenvalue weighted by Crippen LogP contribution is 2.18. The van der Waals surface area contributed by atoms with Gasteiger partial charge in [-0.15, -0.1) is 0 Å². The fraction of sp³-hybridized carbons (Fsp3) is 0.500. The third-order valence-electron chi connectivity index (χ3n) is 2.25. The number of alkyl halides is 5. The van der Waals surface area contributed by atoms with Crippen LogP contribution in [0.5, 0.6) is 0 Å². The monoisotopic (exact) mass is 283 g/mol. The zero-order chi connectivity index (χ0) is 14.3. The smallest absolute Gasteiger partial charge is 0.371 e. The molecule has 0 fully saturated rings. The summed E-state index contributed by atoms with van der Waals surface area (Å²) in [6, 6.07) is 5.74. The topological polar surface area (TPSA) is 21.3 Å². The first-order valence-corrected chi connectivity index (χ1v) is 5.60. The number of rotatable bonds is 7. The molecule has 0 aliphatic carbocycles.